The summed E-state index contributed by atoms with van der Waals surface area (Å²) in [6, 6.07) is 11.2. The highest BCUT2D eigenvalue weighted by Crippen LogP contribution is 2.39. The first-order valence-corrected chi connectivity index (χ1v) is 8.89. The summed E-state index contributed by atoms with van der Waals surface area (Å²) in [6.07, 6.45) is 6.34. The first-order chi connectivity index (χ1) is 14.1. The Hall–Kier alpha value is -3.87. The van der Waals surface area contributed by atoms with Crippen LogP contribution in [0.1, 0.15) is 22.7 Å². The summed E-state index contributed by atoms with van der Waals surface area (Å²) in [5, 5.41) is 10.8. The van der Waals surface area contributed by atoms with Gasteiger partial charge in [-0.1, -0.05) is 6.07 Å². The van der Waals surface area contributed by atoms with Crippen molar-refractivity contribution in [3.63, 3.8) is 0 Å². The minimum atomic E-state index is -0.803. The molecule has 1 aromatic carbocycles. The lowest BCUT2D eigenvalue weighted by Gasteiger charge is -2.25. The van der Waals surface area contributed by atoms with Crippen LogP contribution < -0.4 is 0 Å². The quantitative estimate of drug-likeness (QED) is 0.421. The number of hydrogen-bond acceptors (Lipinski definition) is 5. The highest BCUT2D eigenvalue weighted by molar-refractivity contribution is 6.46. The number of aliphatic hydroxyl groups excluding tert-OH is 1. The van der Waals surface area contributed by atoms with E-state index >= 15 is 0 Å². The molecule has 1 N–H and O–H groups in total. The van der Waals surface area contributed by atoms with Gasteiger partial charge in [-0.15, -0.1) is 0 Å². The van der Waals surface area contributed by atoms with Gasteiger partial charge in [-0.3, -0.25) is 19.6 Å². The summed E-state index contributed by atoms with van der Waals surface area (Å²) in [4.78, 5) is 35.1. The Morgan fingerprint density at radius 1 is 1.00 bits per heavy atom. The first kappa shape index (κ1) is 18.5. The molecule has 0 aliphatic carbocycles. The Kier molecular flexibility index (Phi) is 4.87. The molecule has 144 valence electrons. The van der Waals surface area contributed by atoms with Gasteiger partial charge in [0, 0.05) is 36.9 Å². The molecule has 0 bridgehead atoms. The molecule has 1 aliphatic rings. The molecule has 0 unspecified atom stereocenters. The van der Waals surface area contributed by atoms with Crippen LogP contribution in [-0.4, -0.2) is 31.7 Å². The average molecular weight is 389 g/mol. The van der Waals surface area contributed by atoms with Gasteiger partial charge in [0.15, 0.2) is 0 Å². The van der Waals surface area contributed by atoms with E-state index < -0.39 is 23.5 Å². The molecule has 1 amide bonds. The number of Topliss-reactive ketones (excluding diaryl/α,β-unsaturated/α-hetero) is 1. The van der Waals surface area contributed by atoms with Crippen molar-refractivity contribution in [3.8, 4) is 0 Å². The van der Waals surface area contributed by atoms with Crippen molar-refractivity contribution in [2.24, 2.45) is 0 Å². The number of amides is 1. The van der Waals surface area contributed by atoms with Crippen LogP contribution in [0.3, 0.4) is 0 Å². The zero-order valence-electron chi connectivity index (χ0n) is 15.2. The van der Waals surface area contributed by atoms with Crippen LogP contribution in [-0.2, 0) is 16.1 Å². The summed E-state index contributed by atoms with van der Waals surface area (Å²) in [6.45, 7) is 0.144. The maximum Gasteiger partial charge on any atom is 0.295 e. The number of nitrogens with zero attached hydrogens (tertiary/aromatic N) is 3. The topological polar surface area (TPSA) is 83.4 Å². The van der Waals surface area contributed by atoms with Gasteiger partial charge in [-0.25, -0.2) is 4.39 Å². The smallest absolute Gasteiger partial charge is 0.295 e. The van der Waals surface area contributed by atoms with Crippen LogP contribution in [0, 0.1) is 5.82 Å². The predicted molar refractivity (Wildman–Crippen MR) is 103 cm³/mol. The Morgan fingerprint density at radius 2 is 1.72 bits per heavy atom. The molecule has 1 atom stereocenters. The summed E-state index contributed by atoms with van der Waals surface area (Å²) in [5.41, 5.74) is 1.59. The van der Waals surface area contributed by atoms with E-state index in [2.05, 4.69) is 9.97 Å². The van der Waals surface area contributed by atoms with Gasteiger partial charge in [0.25, 0.3) is 11.7 Å². The fraction of sp³-hybridized carbons (Fsp3) is 0.0909. The van der Waals surface area contributed by atoms with Crippen LogP contribution in [0.25, 0.3) is 5.76 Å². The molecule has 6 nitrogen and oxygen atoms in total. The highest BCUT2D eigenvalue weighted by Gasteiger charge is 2.46. The largest absolute Gasteiger partial charge is 0.507 e. The van der Waals surface area contributed by atoms with E-state index in [1.807, 2.05) is 0 Å². The third-order valence-corrected chi connectivity index (χ3v) is 4.76. The second kappa shape index (κ2) is 7.63. The number of halogens is 1. The zero-order chi connectivity index (χ0) is 20.4. The summed E-state index contributed by atoms with van der Waals surface area (Å²) < 4.78 is 13.3. The first-order valence-electron chi connectivity index (χ1n) is 8.89. The van der Waals surface area contributed by atoms with E-state index in [1.165, 1.54) is 29.2 Å². The van der Waals surface area contributed by atoms with E-state index in [9.17, 15) is 19.1 Å². The molecule has 7 heteroatoms. The third-order valence-electron chi connectivity index (χ3n) is 4.76. The summed E-state index contributed by atoms with van der Waals surface area (Å²) >= 11 is 0. The Balaban J connectivity index is 1.85. The van der Waals surface area contributed by atoms with Gasteiger partial charge in [-0.2, -0.15) is 0 Å². The number of rotatable bonds is 4. The molecule has 3 heterocycles. The van der Waals surface area contributed by atoms with Crippen LogP contribution in [0.4, 0.5) is 4.39 Å². The lowest BCUT2D eigenvalue weighted by atomic mass is 9.96. The van der Waals surface area contributed by atoms with E-state index in [0.717, 1.165) is 5.56 Å². The maximum atomic E-state index is 13.3. The number of aliphatic hydroxyl groups is 1. The van der Waals surface area contributed by atoms with Crippen molar-refractivity contribution < 1.29 is 19.1 Å². The second-order valence-corrected chi connectivity index (χ2v) is 6.58. The molecule has 3 aromatic rings. The molecule has 0 spiro atoms. The molecule has 1 fully saturated rings. The number of aromatic nitrogens is 2. The molecular weight excluding hydrogens is 373 g/mol. The molecule has 1 aliphatic heterocycles. The van der Waals surface area contributed by atoms with Crippen molar-refractivity contribution in [1.29, 1.82) is 0 Å². The standard InChI is InChI=1S/C22H16FN3O3/c23-17-5-3-16(4-6-17)20(27)18-19(15-7-10-24-11-8-15)26(22(29)21(18)28)13-14-2-1-9-25-12-14/h1-12,19,27H,13H2/t19-/m0/s1. The van der Waals surface area contributed by atoms with E-state index in [-0.39, 0.29) is 23.4 Å². The van der Waals surface area contributed by atoms with Crippen molar-refractivity contribution in [1.82, 2.24) is 14.9 Å². The van der Waals surface area contributed by atoms with Crippen LogP contribution in [0.2, 0.25) is 0 Å². The van der Waals surface area contributed by atoms with Gasteiger partial charge in [0.1, 0.15) is 11.6 Å². The van der Waals surface area contributed by atoms with Crippen LogP contribution in [0.15, 0.2) is 78.9 Å². The van der Waals surface area contributed by atoms with E-state index in [4.69, 9.17) is 0 Å². The maximum absolute atomic E-state index is 13.3. The Labute approximate surface area is 166 Å². The monoisotopic (exact) mass is 389 g/mol. The van der Waals surface area contributed by atoms with Gasteiger partial charge in [0.2, 0.25) is 0 Å². The molecule has 29 heavy (non-hydrogen) atoms. The van der Waals surface area contributed by atoms with Crippen LogP contribution in [0.5, 0.6) is 0 Å². The Bertz CT molecular complexity index is 1080. The molecule has 2 aromatic heterocycles. The van der Waals surface area contributed by atoms with Crippen LogP contribution >= 0.6 is 0 Å². The normalized spacial score (nSPS) is 18.2. The highest BCUT2D eigenvalue weighted by atomic mass is 19.1. The SMILES string of the molecule is O=C1C(=O)N(Cc2cccnc2)[C@@H](c2ccncc2)C1=C(O)c1ccc(F)cc1. The number of benzene rings is 1. The molecule has 4 rings (SSSR count). The number of likely N-dealkylation sites (tertiary alicyclic amines) is 1. The van der Waals surface area contributed by atoms with Gasteiger partial charge in [-0.05, 0) is 53.6 Å². The molecular formula is C22H16FN3O3. The second-order valence-electron chi connectivity index (χ2n) is 6.58. The number of ketones is 1. The van der Waals surface area contributed by atoms with Gasteiger partial charge in [0.05, 0.1) is 11.6 Å². The van der Waals surface area contributed by atoms with E-state index in [1.54, 1.807) is 49.1 Å². The van der Waals surface area contributed by atoms with Crippen molar-refractivity contribution in [3.05, 3.63) is 101 Å². The zero-order valence-corrected chi connectivity index (χ0v) is 15.2. The average Bonchev–Trinajstić information content (AvgIpc) is 3.00. The lowest BCUT2D eigenvalue weighted by Crippen LogP contribution is -2.29. The summed E-state index contributed by atoms with van der Waals surface area (Å²) in [5.74, 6) is -2.33. The van der Waals surface area contributed by atoms with Crippen molar-refractivity contribution in [2.75, 3.05) is 0 Å². The van der Waals surface area contributed by atoms with Gasteiger partial charge < -0.3 is 10.0 Å². The minimum absolute atomic E-state index is 0.0447. The van der Waals surface area contributed by atoms with Crippen molar-refractivity contribution in [2.45, 2.75) is 12.6 Å². The third kappa shape index (κ3) is 3.50. The molecule has 0 saturated carbocycles. The number of carbonyl (C=O) groups excluding carboxylic acids is 2. The number of carbonyl (C=O) groups is 2. The Morgan fingerprint density at radius 3 is 2.38 bits per heavy atom. The van der Waals surface area contributed by atoms with E-state index in [0.29, 0.717) is 5.56 Å². The molecule has 0 radical (unpaired) electrons. The van der Waals surface area contributed by atoms with Crippen molar-refractivity contribution >= 4 is 17.4 Å². The predicted octanol–water partition coefficient (Wildman–Crippen LogP) is 3.24. The fourth-order valence-electron chi connectivity index (χ4n) is 3.39. The number of pyridine rings is 2. The fourth-order valence-corrected chi connectivity index (χ4v) is 3.39. The van der Waals surface area contributed by atoms with Gasteiger partial charge >= 0.3 is 0 Å². The lowest BCUT2D eigenvalue weighted by molar-refractivity contribution is -0.140. The molecule has 1 saturated heterocycles. The number of hydrogen-bond donors (Lipinski definition) is 1. The summed E-state index contributed by atoms with van der Waals surface area (Å²) in [7, 11) is 0. The minimum Gasteiger partial charge on any atom is -0.507 e.